The van der Waals surface area contributed by atoms with Crippen LogP contribution in [0.15, 0.2) is 78.9 Å². The van der Waals surface area contributed by atoms with Crippen LogP contribution in [0.5, 0.6) is 11.5 Å². The van der Waals surface area contributed by atoms with Crippen LogP contribution < -0.4 is 9.47 Å². The number of esters is 2. The van der Waals surface area contributed by atoms with E-state index in [0.717, 1.165) is 6.07 Å². The van der Waals surface area contributed by atoms with Gasteiger partial charge < -0.3 is 9.47 Å². The summed E-state index contributed by atoms with van der Waals surface area (Å²) in [6, 6.07) is 16.2. The van der Waals surface area contributed by atoms with Crippen molar-refractivity contribution in [1.29, 1.82) is 0 Å². The number of hydrogen-bond donors (Lipinski definition) is 0. The maximum atomic E-state index is 14.0. The molecule has 0 aromatic heterocycles. The minimum absolute atomic E-state index is 0.00486. The van der Waals surface area contributed by atoms with E-state index in [0.29, 0.717) is 22.4 Å². The van der Waals surface area contributed by atoms with Crippen molar-refractivity contribution < 1.29 is 32.2 Å². The molecule has 7 heteroatoms. The van der Waals surface area contributed by atoms with Gasteiger partial charge in [-0.05, 0) is 80.3 Å². The van der Waals surface area contributed by atoms with Gasteiger partial charge in [0, 0.05) is 5.57 Å². The second kappa shape index (κ2) is 9.78. The molecule has 0 fully saturated rings. The van der Waals surface area contributed by atoms with Crippen LogP contribution in [0.1, 0.15) is 33.3 Å². The van der Waals surface area contributed by atoms with Crippen molar-refractivity contribution in [2.75, 3.05) is 0 Å². The highest BCUT2D eigenvalue weighted by atomic mass is 19.4. The fourth-order valence-electron chi connectivity index (χ4n) is 3.08. The van der Waals surface area contributed by atoms with Crippen LogP contribution >= 0.6 is 0 Å². The number of hydrogen-bond acceptors (Lipinski definition) is 4. The van der Waals surface area contributed by atoms with E-state index >= 15 is 0 Å². The molecule has 0 amide bonds. The molecule has 0 N–H and O–H groups in total. The predicted octanol–water partition coefficient (Wildman–Crippen LogP) is 7.47. The summed E-state index contributed by atoms with van der Waals surface area (Å²) in [5.41, 5.74) is -0.0467. The van der Waals surface area contributed by atoms with E-state index in [1.807, 2.05) is 0 Å². The zero-order valence-corrected chi connectivity index (χ0v) is 19.8. The molecule has 0 heterocycles. The monoisotopic (exact) mass is 482 g/mol. The SMILES string of the molecule is C=C(C)C(=O)Oc1ccc(-c2ccc(-c3ccc(OC(=O)C(C)(C)C)cc3)cc2C(F)(F)F)cc1. The molecule has 0 saturated carbocycles. The fraction of sp³-hybridized carbons (Fsp3) is 0.214. The molecular formula is C28H25F3O4. The third-order valence-electron chi connectivity index (χ3n) is 5.06. The Bertz CT molecular complexity index is 1250. The van der Waals surface area contributed by atoms with Gasteiger partial charge in [-0.3, -0.25) is 4.79 Å². The second-order valence-electron chi connectivity index (χ2n) is 9.12. The fourth-order valence-corrected chi connectivity index (χ4v) is 3.08. The quantitative estimate of drug-likeness (QED) is 0.215. The van der Waals surface area contributed by atoms with Gasteiger partial charge >= 0.3 is 18.1 Å². The lowest BCUT2D eigenvalue weighted by atomic mass is 9.94. The number of rotatable bonds is 5. The molecule has 3 rings (SSSR count). The van der Waals surface area contributed by atoms with Crippen LogP contribution in [0, 0.1) is 5.41 Å². The van der Waals surface area contributed by atoms with E-state index in [4.69, 9.17) is 9.47 Å². The van der Waals surface area contributed by atoms with E-state index in [1.165, 1.54) is 37.3 Å². The third-order valence-corrected chi connectivity index (χ3v) is 5.06. The van der Waals surface area contributed by atoms with Crippen molar-refractivity contribution >= 4 is 11.9 Å². The molecule has 3 aromatic carbocycles. The summed E-state index contributed by atoms with van der Waals surface area (Å²) in [6.45, 7) is 10.2. The molecule has 182 valence electrons. The van der Waals surface area contributed by atoms with Crippen molar-refractivity contribution in [2.45, 2.75) is 33.9 Å². The Labute approximate surface area is 202 Å². The summed E-state index contributed by atoms with van der Waals surface area (Å²) in [7, 11) is 0. The average Bonchev–Trinajstić information content (AvgIpc) is 2.78. The first-order valence-corrected chi connectivity index (χ1v) is 10.8. The van der Waals surface area contributed by atoms with Crippen molar-refractivity contribution in [3.05, 3.63) is 84.4 Å². The Balaban J connectivity index is 1.90. The highest BCUT2D eigenvalue weighted by molar-refractivity contribution is 5.89. The zero-order chi connectivity index (χ0) is 26.0. The number of carbonyl (C=O) groups is 2. The van der Waals surface area contributed by atoms with Crippen molar-refractivity contribution in [3.63, 3.8) is 0 Å². The number of alkyl halides is 3. The topological polar surface area (TPSA) is 52.6 Å². The summed E-state index contributed by atoms with van der Waals surface area (Å²) in [5.74, 6) is -0.500. The highest BCUT2D eigenvalue weighted by Gasteiger charge is 2.34. The van der Waals surface area contributed by atoms with Crippen LogP contribution in [0.3, 0.4) is 0 Å². The van der Waals surface area contributed by atoms with Crippen LogP contribution in [0.2, 0.25) is 0 Å². The minimum Gasteiger partial charge on any atom is -0.426 e. The van der Waals surface area contributed by atoms with Gasteiger partial charge in [-0.15, -0.1) is 0 Å². The van der Waals surface area contributed by atoms with E-state index in [1.54, 1.807) is 51.1 Å². The van der Waals surface area contributed by atoms with Gasteiger partial charge in [0.2, 0.25) is 0 Å². The summed E-state index contributed by atoms with van der Waals surface area (Å²) >= 11 is 0. The Kier molecular flexibility index (Phi) is 7.19. The van der Waals surface area contributed by atoms with Crippen molar-refractivity contribution in [2.24, 2.45) is 5.41 Å². The van der Waals surface area contributed by atoms with Crippen LogP contribution in [-0.2, 0) is 15.8 Å². The Morgan fingerprint density at radius 2 is 1.23 bits per heavy atom. The van der Waals surface area contributed by atoms with E-state index in [9.17, 15) is 22.8 Å². The van der Waals surface area contributed by atoms with Gasteiger partial charge in [-0.1, -0.05) is 43.0 Å². The lowest BCUT2D eigenvalue weighted by Crippen LogP contribution is -2.25. The standard InChI is InChI=1S/C28H25F3O4/c1-17(2)25(32)34-21-13-8-19(9-14-21)23-15-10-20(16-24(23)28(29,30)31)18-6-11-22(12-7-18)35-26(33)27(3,4)5/h6-16H,1H2,2-5H3. The first-order valence-electron chi connectivity index (χ1n) is 10.8. The molecule has 35 heavy (non-hydrogen) atoms. The van der Waals surface area contributed by atoms with Crippen molar-refractivity contribution in [3.8, 4) is 33.8 Å². The van der Waals surface area contributed by atoms with Crippen LogP contribution in [-0.4, -0.2) is 11.9 Å². The Morgan fingerprint density at radius 3 is 1.71 bits per heavy atom. The summed E-state index contributed by atoms with van der Waals surface area (Å²) in [6.07, 6.45) is -4.60. The maximum absolute atomic E-state index is 14.0. The van der Waals surface area contributed by atoms with E-state index < -0.39 is 29.1 Å². The van der Waals surface area contributed by atoms with Crippen LogP contribution in [0.4, 0.5) is 13.2 Å². The third kappa shape index (κ3) is 6.38. The van der Waals surface area contributed by atoms with Gasteiger partial charge in [0.25, 0.3) is 0 Å². The predicted molar refractivity (Wildman–Crippen MR) is 128 cm³/mol. The van der Waals surface area contributed by atoms with Gasteiger partial charge in [-0.2, -0.15) is 13.2 Å². The highest BCUT2D eigenvalue weighted by Crippen LogP contribution is 2.40. The largest absolute Gasteiger partial charge is 0.426 e. The van der Waals surface area contributed by atoms with Crippen molar-refractivity contribution in [1.82, 2.24) is 0 Å². The molecular weight excluding hydrogens is 457 g/mol. The number of benzene rings is 3. The van der Waals surface area contributed by atoms with Gasteiger partial charge in [0.15, 0.2) is 0 Å². The maximum Gasteiger partial charge on any atom is 0.417 e. The number of halogens is 3. The average molecular weight is 482 g/mol. The molecule has 4 nitrogen and oxygen atoms in total. The molecule has 0 radical (unpaired) electrons. The van der Waals surface area contributed by atoms with Crippen LogP contribution in [0.25, 0.3) is 22.3 Å². The first kappa shape index (κ1) is 25.7. The Hall–Kier alpha value is -3.87. The Morgan fingerprint density at radius 1 is 0.743 bits per heavy atom. The zero-order valence-electron chi connectivity index (χ0n) is 19.8. The lowest BCUT2D eigenvalue weighted by Gasteiger charge is -2.17. The first-order chi connectivity index (χ1) is 16.3. The van der Waals surface area contributed by atoms with E-state index in [2.05, 4.69) is 6.58 Å². The smallest absolute Gasteiger partial charge is 0.417 e. The van der Waals surface area contributed by atoms with Gasteiger partial charge in [0.1, 0.15) is 11.5 Å². The lowest BCUT2D eigenvalue weighted by molar-refractivity contribution is -0.143. The second-order valence-corrected chi connectivity index (χ2v) is 9.12. The molecule has 3 aromatic rings. The number of carbonyl (C=O) groups excluding carboxylic acids is 2. The molecule has 0 aliphatic heterocycles. The normalized spacial score (nSPS) is 11.6. The van der Waals surface area contributed by atoms with E-state index in [-0.39, 0.29) is 16.9 Å². The summed E-state index contributed by atoms with van der Waals surface area (Å²) in [5, 5.41) is 0. The molecule has 0 unspecified atom stereocenters. The number of ether oxygens (including phenoxy) is 2. The summed E-state index contributed by atoms with van der Waals surface area (Å²) in [4.78, 5) is 23.7. The molecule has 0 aliphatic carbocycles. The minimum atomic E-state index is -4.60. The molecule has 0 bridgehead atoms. The molecule has 0 saturated heterocycles. The van der Waals surface area contributed by atoms with Gasteiger partial charge in [0.05, 0.1) is 11.0 Å². The molecule has 0 spiro atoms. The van der Waals surface area contributed by atoms with Gasteiger partial charge in [-0.25, -0.2) is 4.79 Å². The summed E-state index contributed by atoms with van der Waals surface area (Å²) < 4.78 is 52.3. The molecule has 0 aliphatic rings. The molecule has 0 atom stereocenters.